The van der Waals surface area contributed by atoms with Gasteiger partial charge in [-0.25, -0.2) is 4.39 Å². The van der Waals surface area contributed by atoms with Crippen molar-refractivity contribution < 1.29 is 13.9 Å². The summed E-state index contributed by atoms with van der Waals surface area (Å²) >= 11 is 10.1. The van der Waals surface area contributed by atoms with Gasteiger partial charge in [0.2, 0.25) is 0 Å². The number of hydrogen-bond donors (Lipinski definition) is 0. The zero-order valence-electron chi connectivity index (χ0n) is 8.25. The quantitative estimate of drug-likeness (QED) is 0.588. The van der Waals surface area contributed by atoms with Crippen molar-refractivity contribution in [1.82, 2.24) is 0 Å². The summed E-state index contributed by atoms with van der Waals surface area (Å²) in [5, 5.41) is 1.69. The lowest BCUT2D eigenvalue weighted by molar-refractivity contribution is 0.112. The molecule has 0 radical (unpaired) electrons. The monoisotopic (exact) mass is 334 g/mol. The highest BCUT2D eigenvalue weighted by molar-refractivity contribution is 9.10. The number of thiophene rings is 1. The van der Waals surface area contributed by atoms with Crippen molar-refractivity contribution in [3.8, 4) is 11.5 Å². The molecule has 0 fully saturated rings. The highest BCUT2D eigenvalue weighted by Crippen LogP contribution is 2.34. The lowest BCUT2D eigenvalue weighted by atomic mass is 10.3. The van der Waals surface area contributed by atoms with Crippen molar-refractivity contribution in [3.05, 3.63) is 43.8 Å². The summed E-state index contributed by atoms with van der Waals surface area (Å²) in [6, 6.07) is 4.18. The van der Waals surface area contributed by atoms with Crippen LogP contribution < -0.4 is 4.74 Å². The van der Waals surface area contributed by atoms with Gasteiger partial charge in [0.25, 0.3) is 0 Å². The predicted octanol–water partition coefficient (Wildman–Crippen LogP) is 4.91. The van der Waals surface area contributed by atoms with Gasteiger partial charge in [-0.3, -0.25) is 4.79 Å². The molecule has 0 aliphatic heterocycles. The molecule has 2 aromatic rings. The second-order valence-corrected chi connectivity index (χ2v) is 5.31. The molecular formula is C11H5BrClFO2S. The third-order valence-electron chi connectivity index (χ3n) is 1.91. The topological polar surface area (TPSA) is 26.3 Å². The van der Waals surface area contributed by atoms with E-state index in [-0.39, 0.29) is 5.02 Å². The Hall–Kier alpha value is -0.910. The van der Waals surface area contributed by atoms with Crippen LogP contribution in [0.2, 0.25) is 5.02 Å². The van der Waals surface area contributed by atoms with Crippen LogP contribution in [0.4, 0.5) is 4.39 Å². The molecule has 0 saturated heterocycles. The van der Waals surface area contributed by atoms with E-state index in [1.165, 1.54) is 23.5 Å². The van der Waals surface area contributed by atoms with Crippen molar-refractivity contribution in [3.63, 3.8) is 0 Å². The predicted molar refractivity (Wildman–Crippen MR) is 68.9 cm³/mol. The van der Waals surface area contributed by atoms with E-state index in [1.54, 1.807) is 11.4 Å². The van der Waals surface area contributed by atoms with Crippen molar-refractivity contribution in [2.45, 2.75) is 0 Å². The summed E-state index contributed by atoms with van der Waals surface area (Å²) in [5.41, 5.74) is 0. The Kier molecular flexibility index (Phi) is 3.81. The Labute approximate surface area is 114 Å². The number of rotatable bonds is 3. The normalized spacial score (nSPS) is 10.3. The minimum absolute atomic E-state index is 0.0168. The third-order valence-corrected chi connectivity index (χ3v) is 3.66. The van der Waals surface area contributed by atoms with Crippen LogP contribution in [-0.2, 0) is 0 Å². The maximum absolute atomic E-state index is 13.2. The number of ether oxygens (including phenoxy) is 1. The van der Waals surface area contributed by atoms with Crippen LogP contribution in [0.25, 0.3) is 0 Å². The number of carbonyl (C=O) groups is 1. The maximum atomic E-state index is 13.2. The molecule has 1 aromatic heterocycles. The minimum atomic E-state index is -0.560. The first kappa shape index (κ1) is 12.5. The highest BCUT2D eigenvalue weighted by atomic mass is 79.9. The minimum Gasteiger partial charge on any atom is -0.455 e. The second-order valence-electron chi connectivity index (χ2n) is 3.10. The zero-order valence-corrected chi connectivity index (χ0v) is 11.4. The number of benzene rings is 1. The van der Waals surface area contributed by atoms with Crippen LogP contribution in [0.5, 0.6) is 11.5 Å². The highest BCUT2D eigenvalue weighted by Gasteiger charge is 2.09. The van der Waals surface area contributed by atoms with Gasteiger partial charge in [0.15, 0.2) is 6.29 Å². The first-order chi connectivity index (χ1) is 8.10. The van der Waals surface area contributed by atoms with E-state index in [0.717, 1.165) is 6.29 Å². The fourth-order valence-corrected chi connectivity index (χ4v) is 2.49. The van der Waals surface area contributed by atoms with Gasteiger partial charge in [0.1, 0.15) is 17.3 Å². The summed E-state index contributed by atoms with van der Waals surface area (Å²) in [6.07, 6.45) is 0.731. The summed E-state index contributed by atoms with van der Waals surface area (Å²) in [5.74, 6) is 0.234. The van der Waals surface area contributed by atoms with Gasteiger partial charge in [0, 0.05) is 17.5 Å². The van der Waals surface area contributed by atoms with Crippen molar-refractivity contribution in [2.24, 2.45) is 0 Å². The molecule has 88 valence electrons. The van der Waals surface area contributed by atoms with E-state index < -0.39 is 5.82 Å². The van der Waals surface area contributed by atoms with Crippen LogP contribution in [-0.4, -0.2) is 6.29 Å². The van der Waals surface area contributed by atoms with Crippen LogP contribution in [0.15, 0.2) is 28.1 Å². The fourth-order valence-electron chi connectivity index (χ4n) is 1.16. The molecule has 0 unspecified atom stereocenters. The summed E-state index contributed by atoms with van der Waals surface area (Å²) < 4.78 is 19.2. The van der Waals surface area contributed by atoms with E-state index in [0.29, 0.717) is 20.8 Å². The number of halogens is 3. The molecule has 0 atom stereocenters. The van der Waals surface area contributed by atoms with Crippen LogP contribution in [0.1, 0.15) is 9.67 Å². The number of aldehydes is 1. The fraction of sp³-hybridized carbons (Fsp3) is 0. The molecule has 0 bridgehead atoms. The summed E-state index contributed by atoms with van der Waals surface area (Å²) in [7, 11) is 0. The average Bonchev–Trinajstić information content (AvgIpc) is 2.73. The van der Waals surface area contributed by atoms with Gasteiger partial charge in [0.05, 0.1) is 14.4 Å². The molecule has 0 amide bonds. The average molecular weight is 336 g/mol. The Bertz CT molecular complexity index is 571. The van der Waals surface area contributed by atoms with E-state index in [1.807, 2.05) is 0 Å². The van der Waals surface area contributed by atoms with Crippen molar-refractivity contribution >= 4 is 45.2 Å². The van der Waals surface area contributed by atoms with Gasteiger partial charge in [-0.2, -0.15) is 0 Å². The molecule has 0 aliphatic rings. The van der Waals surface area contributed by atoms with E-state index in [4.69, 9.17) is 16.3 Å². The Morgan fingerprint density at radius 3 is 2.82 bits per heavy atom. The summed E-state index contributed by atoms with van der Waals surface area (Å²) in [4.78, 5) is 11.1. The molecule has 0 spiro atoms. The van der Waals surface area contributed by atoms with Gasteiger partial charge >= 0.3 is 0 Å². The molecule has 2 nitrogen and oxygen atoms in total. The first-order valence-electron chi connectivity index (χ1n) is 4.46. The Morgan fingerprint density at radius 1 is 1.41 bits per heavy atom. The third kappa shape index (κ3) is 2.86. The first-order valence-corrected chi connectivity index (χ1v) is 6.51. The Morgan fingerprint density at radius 2 is 2.18 bits per heavy atom. The van der Waals surface area contributed by atoms with Crippen molar-refractivity contribution in [1.29, 1.82) is 0 Å². The summed E-state index contributed by atoms with van der Waals surface area (Å²) in [6.45, 7) is 0. The van der Waals surface area contributed by atoms with Gasteiger partial charge in [-0.05, 0) is 22.0 Å². The zero-order chi connectivity index (χ0) is 12.4. The van der Waals surface area contributed by atoms with Crippen LogP contribution in [0, 0.1) is 5.82 Å². The Balaban J connectivity index is 2.29. The molecule has 17 heavy (non-hydrogen) atoms. The SMILES string of the molecule is O=Cc1cc(Oc2cc(F)c(Cl)cc2Br)cs1. The van der Waals surface area contributed by atoms with E-state index in [2.05, 4.69) is 15.9 Å². The molecule has 6 heteroatoms. The van der Waals surface area contributed by atoms with Crippen molar-refractivity contribution in [2.75, 3.05) is 0 Å². The van der Waals surface area contributed by atoms with E-state index >= 15 is 0 Å². The molecule has 0 aliphatic carbocycles. The van der Waals surface area contributed by atoms with Gasteiger partial charge in [-0.15, -0.1) is 11.3 Å². The smallest absolute Gasteiger partial charge is 0.160 e. The molecule has 0 saturated carbocycles. The lowest BCUT2D eigenvalue weighted by Gasteiger charge is -2.06. The largest absolute Gasteiger partial charge is 0.455 e. The number of carbonyl (C=O) groups excluding carboxylic acids is 1. The van der Waals surface area contributed by atoms with Crippen LogP contribution >= 0.6 is 38.9 Å². The molecular weight excluding hydrogens is 331 g/mol. The molecule has 0 N–H and O–H groups in total. The molecule has 1 aromatic carbocycles. The standard InChI is InChI=1S/C11H5BrClFO2S/c12-8-2-9(13)10(14)3-11(8)16-6-1-7(4-15)17-5-6/h1-5H. The van der Waals surface area contributed by atoms with Crippen LogP contribution in [0.3, 0.4) is 0 Å². The molecule has 2 rings (SSSR count). The number of hydrogen-bond acceptors (Lipinski definition) is 3. The van der Waals surface area contributed by atoms with Gasteiger partial charge in [-0.1, -0.05) is 11.6 Å². The lowest BCUT2D eigenvalue weighted by Crippen LogP contribution is -1.86. The molecule has 1 heterocycles. The second kappa shape index (κ2) is 5.16. The van der Waals surface area contributed by atoms with E-state index in [9.17, 15) is 9.18 Å². The van der Waals surface area contributed by atoms with Gasteiger partial charge < -0.3 is 4.74 Å². The maximum Gasteiger partial charge on any atom is 0.160 e.